The van der Waals surface area contributed by atoms with E-state index >= 15 is 0 Å². The summed E-state index contributed by atoms with van der Waals surface area (Å²) in [6, 6.07) is 5.69. The number of aromatic nitrogens is 1. The summed E-state index contributed by atoms with van der Waals surface area (Å²) in [5.41, 5.74) is 1.70. The maximum Gasteiger partial charge on any atom is 0.265 e. The second-order valence-electron chi connectivity index (χ2n) is 6.45. The van der Waals surface area contributed by atoms with E-state index in [1.807, 2.05) is 30.0 Å². The Kier molecular flexibility index (Phi) is 5.78. The molecular weight excluding hydrogens is 350 g/mol. The van der Waals surface area contributed by atoms with Gasteiger partial charge >= 0.3 is 0 Å². The van der Waals surface area contributed by atoms with Gasteiger partial charge in [-0.2, -0.15) is 0 Å². The molecule has 1 saturated heterocycles. The highest BCUT2D eigenvalue weighted by Gasteiger charge is 2.24. The van der Waals surface area contributed by atoms with Gasteiger partial charge in [-0.15, -0.1) is 11.3 Å². The van der Waals surface area contributed by atoms with Crippen molar-refractivity contribution in [2.75, 3.05) is 47.4 Å². The molecule has 6 nitrogen and oxygen atoms in total. The highest BCUT2D eigenvalue weighted by molar-refractivity contribution is 7.17. The van der Waals surface area contributed by atoms with Gasteiger partial charge in [-0.3, -0.25) is 4.79 Å². The van der Waals surface area contributed by atoms with E-state index < -0.39 is 0 Å². The Labute approximate surface area is 158 Å². The SMILES string of the molecule is COc1ccc(-c2nc(C)c(C(=O)N3CCCN(C)CC3)s2)cc1OC. The predicted molar refractivity (Wildman–Crippen MR) is 103 cm³/mol. The zero-order valence-corrected chi connectivity index (χ0v) is 16.6. The lowest BCUT2D eigenvalue weighted by Gasteiger charge is -2.19. The topological polar surface area (TPSA) is 54.9 Å². The fraction of sp³-hybridized carbons (Fsp3) is 0.474. The Morgan fingerprint density at radius 3 is 2.62 bits per heavy atom. The number of carbonyl (C=O) groups is 1. The number of likely N-dealkylation sites (N-methyl/N-ethyl adjacent to an activating group) is 1. The van der Waals surface area contributed by atoms with Crippen LogP contribution >= 0.6 is 11.3 Å². The fourth-order valence-electron chi connectivity index (χ4n) is 3.08. The van der Waals surface area contributed by atoms with Crippen molar-refractivity contribution < 1.29 is 14.3 Å². The first kappa shape index (κ1) is 18.7. The van der Waals surface area contributed by atoms with Crippen molar-refractivity contribution in [1.82, 2.24) is 14.8 Å². The van der Waals surface area contributed by atoms with Crippen molar-refractivity contribution in [3.8, 4) is 22.1 Å². The zero-order chi connectivity index (χ0) is 18.7. The standard InChI is InChI=1S/C19H25N3O3S/c1-13-17(19(23)22-9-5-8-21(2)10-11-22)26-18(20-13)14-6-7-15(24-3)16(12-14)25-4/h6-7,12H,5,8-11H2,1-4H3. The van der Waals surface area contributed by atoms with E-state index in [-0.39, 0.29) is 5.91 Å². The van der Waals surface area contributed by atoms with Gasteiger partial charge in [0.15, 0.2) is 11.5 Å². The second kappa shape index (κ2) is 8.05. The molecule has 1 fully saturated rings. The molecule has 2 aromatic rings. The number of rotatable bonds is 4. The van der Waals surface area contributed by atoms with E-state index in [0.717, 1.165) is 53.7 Å². The summed E-state index contributed by atoms with van der Waals surface area (Å²) in [5, 5.41) is 0.818. The first-order valence-corrected chi connectivity index (χ1v) is 9.52. The summed E-state index contributed by atoms with van der Waals surface area (Å²) in [5.74, 6) is 1.41. The highest BCUT2D eigenvalue weighted by Crippen LogP contribution is 2.35. The molecular formula is C19H25N3O3S. The minimum atomic E-state index is 0.0852. The van der Waals surface area contributed by atoms with Crippen LogP contribution in [-0.2, 0) is 0 Å². The van der Waals surface area contributed by atoms with Crippen molar-refractivity contribution in [1.29, 1.82) is 0 Å². The Morgan fingerprint density at radius 2 is 1.88 bits per heavy atom. The molecule has 0 radical (unpaired) electrons. The summed E-state index contributed by atoms with van der Waals surface area (Å²) in [6.45, 7) is 5.40. The first-order chi connectivity index (χ1) is 12.5. The summed E-state index contributed by atoms with van der Waals surface area (Å²) in [6.07, 6.45) is 1.00. The van der Waals surface area contributed by atoms with E-state index in [2.05, 4.69) is 16.9 Å². The van der Waals surface area contributed by atoms with E-state index in [9.17, 15) is 4.79 Å². The van der Waals surface area contributed by atoms with Gasteiger partial charge in [0.25, 0.3) is 5.91 Å². The van der Waals surface area contributed by atoms with Crippen LogP contribution in [0.3, 0.4) is 0 Å². The van der Waals surface area contributed by atoms with Gasteiger partial charge in [-0.25, -0.2) is 4.98 Å². The molecule has 0 atom stereocenters. The molecule has 0 saturated carbocycles. The van der Waals surface area contributed by atoms with Crippen LogP contribution in [0.2, 0.25) is 0 Å². The first-order valence-electron chi connectivity index (χ1n) is 8.71. The van der Waals surface area contributed by atoms with E-state index in [1.165, 1.54) is 11.3 Å². The molecule has 140 valence electrons. The summed E-state index contributed by atoms with van der Waals surface area (Å²) < 4.78 is 10.7. The molecule has 0 aliphatic carbocycles. The van der Waals surface area contributed by atoms with Crippen molar-refractivity contribution in [3.05, 3.63) is 28.8 Å². The summed E-state index contributed by atoms with van der Waals surface area (Å²) in [4.78, 5) is 22.5. The van der Waals surface area contributed by atoms with E-state index in [4.69, 9.17) is 9.47 Å². The number of aryl methyl sites for hydroxylation is 1. The Balaban J connectivity index is 1.86. The molecule has 1 aromatic carbocycles. The van der Waals surface area contributed by atoms with Crippen LogP contribution in [0.4, 0.5) is 0 Å². The molecule has 2 heterocycles. The highest BCUT2D eigenvalue weighted by atomic mass is 32.1. The van der Waals surface area contributed by atoms with E-state index in [0.29, 0.717) is 11.5 Å². The number of hydrogen-bond donors (Lipinski definition) is 0. The molecule has 7 heteroatoms. The van der Waals surface area contributed by atoms with E-state index in [1.54, 1.807) is 14.2 Å². The van der Waals surface area contributed by atoms with Gasteiger partial charge in [0, 0.05) is 25.2 Å². The lowest BCUT2D eigenvalue weighted by Crippen LogP contribution is -2.34. The normalized spacial score (nSPS) is 15.6. The third-order valence-electron chi connectivity index (χ3n) is 4.63. The van der Waals surface area contributed by atoms with Crippen LogP contribution in [0.25, 0.3) is 10.6 Å². The lowest BCUT2D eigenvalue weighted by molar-refractivity contribution is 0.0766. The van der Waals surface area contributed by atoms with Crippen LogP contribution in [0.15, 0.2) is 18.2 Å². The van der Waals surface area contributed by atoms with Crippen molar-refractivity contribution in [2.45, 2.75) is 13.3 Å². The van der Waals surface area contributed by atoms with Crippen molar-refractivity contribution in [2.24, 2.45) is 0 Å². The number of carbonyl (C=O) groups excluding carboxylic acids is 1. The van der Waals surface area contributed by atoms with Gasteiger partial charge < -0.3 is 19.3 Å². The zero-order valence-electron chi connectivity index (χ0n) is 15.7. The van der Waals surface area contributed by atoms with Crippen molar-refractivity contribution in [3.63, 3.8) is 0 Å². The monoisotopic (exact) mass is 375 g/mol. The Bertz CT molecular complexity index is 790. The number of amides is 1. The third kappa shape index (κ3) is 3.83. The Morgan fingerprint density at radius 1 is 1.12 bits per heavy atom. The lowest BCUT2D eigenvalue weighted by atomic mass is 10.2. The maximum absolute atomic E-state index is 13.0. The Hall–Kier alpha value is -2.12. The second-order valence-corrected chi connectivity index (χ2v) is 7.45. The molecule has 0 unspecified atom stereocenters. The molecule has 0 N–H and O–H groups in total. The minimum absolute atomic E-state index is 0.0852. The molecule has 3 rings (SSSR count). The summed E-state index contributed by atoms with van der Waals surface area (Å²) in [7, 11) is 5.32. The average Bonchev–Trinajstić information content (AvgIpc) is 2.91. The van der Waals surface area contributed by atoms with Gasteiger partial charge in [0.1, 0.15) is 9.88 Å². The number of methoxy groups -OCH3 is 2. The molecule has 0 spiro atoms. The maximum atomic E-state index is 13.0. The van der Waals surface area contributed by atoms with Gasteiger partial charge in [0.2, 0.25) is 0 Å². The number of benzene rings is 1. The molecule has 1 aliphatic heterocycles. The summed E-state index contributed by atoms with van der Waals surface area (Å²) >= 11 is 1.44. The number of thiazole rings is 1. The van der Waals surface area contributed by atoms with Crippen LogP contribution in [-0.4, -0.2) is 68.1 Å². The number of ether oxygens (including phenoxy) is 2. The number of nitrogens with zero attached hydrogens (tertiary/aromatic N) is 3. The van der Waals surface area contributed by atoms with Gasteiger partial charge in [-0.05, 0) is 45.1 Å². The molecule has 0 bridgehead atoms. The van der Waals surface area contributed by atoms with Crippen LogP contribution in [0.5, 0.6) is 11.5 Å². The van der Waals surface area contributed by atoms with Crippen LogP contribution in [0, 0.1) is 6.92 Å². The largest absolute Gasteiger partial charge is 0.493 e. The smallest absolute Gasteiger partial charge is 0.265 e. The molecule has 1 aromatic heterocycles. The molecule has 1 aliphatic rings. The minimum Gasteiger partial charge on any atom is -0.493 e. The van der Waals surface area contributed by atoms with Gasteiger partial charge in [0.05, 0.1) is 19.9 Å². The number of hydrogen-bond acceptors (Lipinski definition) is 6. The van der Waals surface area contributed by atoms with Gasteiger partial charge in [-0.1, -0.05) is 0 Å². The average molecular weight is 375 g/mol. The predicted octanol–water partition coefficient (Wildman–Crippen LogP) is 2.91. The fourth-order valence-corrected chi connectivity index (χ4v) is 4.11. The quantitative estimate of drug-likeness (QED) is 0.822. The van der Waals surface area contributed by atoms with Crippen LogP contribution < -0.4 is 9.47 Å². The van der Waals surface area contributed by atoms with Crippen molar-refractivity contribution >= 4 is 17.2 Å². The molecule has 26 heavy (non-hydrogen) atoms. The molecule has 1 amide bonds. The third-order valence-corrected chi connectivity index (χ3v) is 5.82. The van der Waals surface area contributed by atoms with Crippen LogP contribution in [0.1, 0.15) is 21.8 Å².